The molecule has 2 heterocycles. The van der Waals surface area contributed by atoms with Gasteiger partial charge in [0.1, 0.15) is 0 Å². The van der Waals surface area contributed by atoms with E-state index in [1.165, 1.54) is 4.31 Å². The van der Waals surface area contributed by atoms with Crippen molar-refractivity contribution in [1.82, 2.24) is 14.5 Å². The molecule has 0 radical (unpaired) electrons. The summed E-state index contributed by atoms with van der Waals surface area (Å²) in [5.41, 5.74) is 1.03. The summed E-state index contributed by atoms with van der Waals surface area (Å²) in [6.07, 6.45) is 1.50. The van der Waals surface area contributed by atoms with Crippen LogP contribution in [0.15, 0.2) is 29.2 Å². The van der Waals surface area contributed by atoms with Crippen LogP contribution in [0.2, 0.25) is 0 Å². The molecule has 2 saturated heterocycles. The summed E-state index contributed by atoms with van der Waals surface area (Å²) >= 11 is 0. The first-order valence-electron chi connectivity index (χ1n) is 8.55. The Morgan fingerprint density at radius 2 is 1.79 bits per heavy atom. The van der Waals surface area contributed by atoms with Gasteiger partial charge in [-0.2, -0.15) is 4.31 Å². The van der Waals surface area contributed by atoms with E-state index in [4.69, 9.17) is 0 Å². The lowest BCUT2D eigenvalue weighted by atomic mass is 9.98. The minimum atomic E-state index is -3.53. The minimum absolute atomic E-state index is 0.0975. The number of piperidine rings is 1. The topological polar surface area (TPSA) is 69.7 Å². The quantitative estimate of drug-likeness (QED) is 0.876. The molecule has 1 N–H and O–H groups in total. The predicted octanol–water partition coefficient (Wildman–Crippen LogP) is 0.828. The van der Waals surface area contributed by atoms with Gasteiger partial charge in [0.05, 0.1) is 10.8 Å². The van der Waals surface area contributed by atoms with Crippen LogP contribution in [0.25, 0.3) is 0 Å². The first-order valence-corrected chi connectivity index (χ1v) is 9.99. The van der Waals surface area contributed by atoms with Crippen LogP contribution in [0.3, 0.4) is 0 Å². The van der Waals surface area contributed by atoms with Crippen molar-refractivity contribution in [2.45, 2.75) is 24.7 Å². The Labute approximate surface area is 143 Å². The second kappa shape index (κ2) is 7.21. The number of piperazine rings is 1. The minimum Gasteiger partial charge on any atom is -0.340 e. The van der Waals surface area contributed by atoms with Crippen molar-refractivity contribution in [2.75, 3.05) is 39.3 Å². The molecule has 7 heteroatoms. The summed E-state index contributed by atoms with van der Waals surface area (Å²) in [7, 11) is -3.53. The zero-order chi connectivity index (χ0) is 17.2. The fourth-order valence-electron chi connectivity index (χ4n) is 3.37. The highest BCUT2D eigenvalue weighted by Gasteiger charge is 2.35. The monoisotopic (exact) mass is 351 g/mol. The molecule has 2 aliphatic rings. The van der Waals surface area contributed by atoms with Crippen LogP contribution in [0.5, 0.6) is 0 Å². The second-order valence-electron chi connectivity index (χ2n) is 6.59. The van der Waals surface area contributed by atoms with Crippen molar-refractivity contribution in [3.63, 3.8) is 0 Å². The van der Waals surface area contributed by atoms with Gasteiger partial charge in [-0.1, -0.05) is 17.7 Å². The Balaban J connectivity index is 1.72. The van der Waals surface area contributed by atoms with E-state index in [2.05, 4.69) is 5.32 Å². The van der Waals surface area contributed by atoms with Crippen LogP contribution in [0, 0.1) is 12.8 Å². The number of hydrogen-bond acceptors (Lipinski definition) is 4. The van der Waals surface area contributed by atoms with Crippen molar-refractivity contribution in [2.24, 2.45) is 5.92 Å². The van der Waals surface area contributed by atoms with Crippen LogP contribution in [-0.2, 0) is 14.8 Å². The molecule has 1 aromatic rings. The molecule has 2 fully saturated rings. The Kier molecular flexibility index (Phi) is 5.22. The van der Waals surface area contributed by atoms with E-state index in [1.807, 2.05) is 11.8 Å². The van der Waals surface area contributed by atoms with E-state index in [0.29, 0.717) is 31.1 Å². The third-order valence-electron chi connectivity index (χ3n) is 4.82. The van der Waals surface area contributed by atoms with Gasteiger partial charge in [-0.25, -0.2) is 8.42 Å². The van der Waals surface area contributed by atoms with Gasteiger partial charge in [0, 0.05) is 39.3 Å². The van der Waals surface area contributed by atoms with Crippen molar-refractivity contribution in [3.8, 4) is 0 Å². The fraction of sp³-hybridized carbons (Fsp3) is 0.588. The van der Waals surface area contributed by atoms with Crippen LogP contribution in [0.4, 0.5) is 0 Å². The standard InChI is InChI=1S/C17H25N3O3S/c1-14-4-6-16(7-5-14)24(22,23)20-10-2-3-15(13-20)17(21)19-11-8-18-9-12-19/h4-7,15,18H,2-3,8-13H2,1H3. The first kappa shape index (κ1) is 17.4. The largest absolute Gasteiger partial charge is 0.340 e. The third kappa shape index (κ3) is 3.63. The highest BCUT2D eigenvalue weighted by molar-refractivity contribution is 7.89. The van der Waals surface area contributed by atoms with Crippen molar-refractivity contribution < 1.29 is 13.2 Å². The van der Waals surface area contributed by atoms with Gasteiger partial charge in [0.25, 0.3) is 0 Å². The van der Waals surface area contributed by atoms with Crippen molar-refractivity contribution in [1.29, 1.82) is 0 Å². The molecule has 0 aromatic heterocycles. The third-order valence-corrected chi connectivity index (χ3v) is 6.70. The number of carbonyl (C=O) groups excluding carboxylic acids is 1. The summed E-state index contributed by atoms with van der Waals surface area (Å²) in [5, 5.41) is 3.23. The maximum atomic E-state index is 12.8. The normalized spacial score (nSPS) is 23.2. The maximum Gasteiger partial charge on any atom is 0.243 e. The van der Waals surface area contributed by atoms with E-state index in [9.17, 15) is 13.2 Å². The molecular formula is C17H25N3O3S. The lowest BCUT2D eigenvalue weighted by molar-refractivity contribution is -0.137. The van der Waals surface area contributed by atoms with Gasteiger partial charge in [-0.3, -0.25) is 4.79 Å². The van der Waals surface area contributed by atoms with Crippen LogP contribution >= 0.6 is 0 Å². The Bertz CT molecular complexity index is 682. The van der Waals surface area contributed by atoms with E-state index in [-0.39, 0.29) is 11.8 Å². The smallest absolute Gasteiger partial charge is 0.243 e. The summed E-state index contributed by atoms with van der Waals surface area (Å²) in [5.74, 6) is -0.127. The number of amides is 1. The summed E-state index contributed by atoms with van der Waals surface area (Å²) in [6.45, 7) is 5.74. The van der Waals surface area contributed by atoms with E-state index < -0.39 is 10.0 Å². The van der Waals surface area contributed by atoms with E-state index in [0.717, 1.165) is 31.5 Å². The molecule has 1 aromatic carbocycles. The summed E-state index contributed by atoms with van der Waals surface area (Å²) in [4.78, 5) is 14.9. The Hall–Kier alpha value is -1.44. The number of hydrogen-bond donors (Lipinski definition) is 1. The highest BCUT2D eigenvalue weighted by Crippen LogP contribution is 2.25. The summed E-state index contributed by atoms with van der Waals surface area (Å²) in [6, 6.07) is 6.90. The molecule has 132 valence electrons. The number of benzene rings is 1. The summed E-state index contributed by atoms with van der Waals surface area (Å²) < 4.78 is 27.1. The molecule has 2 aliphatic heterocycles. The SMILES string of the molecule is Cc1ccc(S(=O)(=O)N2CCCC(C(=O)N3CCNCC3)C2)cc1. The zero-order valence-electron chi connectivity index (χ0n) is 14.1. The second-order valence-corrected chi connectivity index (χ2v) is 8.53. The van der Waals surface area contributed by atoms with Gasteiger partial charge in [-0.05, 0) is 31.9 Å². The van der Waals surface area contributed by atoms with Gasteiger partial charge >= 0.3 is 0 Å². The van der Waals surface area contributed by atoms with E-state index >= 15 is 0 Å². The van der Waals surface area contributed by atoms with Crippen molar-refractivity contribution >= 4 is 15.9 Å². The lowest BCUT2D eigenvalue weighted by Crippen LogP contribution is -2.51. The molecule has 0 saturated carbocycles. The molecule has 0 spiro atoms. The van der Waals surface area contributed by atoms with Gasteiger partial charge in [0.2, 0.25) is 15.9 Å². The molecule has 24 heavy (non-hydrogen) atoms. The average Bonchev–Trinajstić information content (AvgIpc) is 2.62. The highest BCUT2D eigenvalue weighted by atomic mass is 32.2. The number of nitrogens with one attached hydrogen (secondary N) is 1. The number of aryl methyl sites for hydroxylation is 1. The molecule has 3 rings (SSSR count). The van der Waals surface area contributed by atoms with E-state index in [1.54, 1.807) is 24.3 Å². The zero-order valence-corrected chi connectivity index (χ0v) is 14.9. The number of sulfonamides is 1. The predicted molar refractivity (Wildman–Crippen MR) is 92.1 cm³/mol. The molecule has 0 bridgehead atoms. The van der Waals surface area contributed by atoms with Crippen LogP contribution < -0.4 is 5.32 Å². The number of nitrogens with zero attached hydrogens (tertiary/aromatic N) is 2. The number of rotatable bonds is 3. The fourth-order valence-corrected chi connectivity index (χ4v) is 4.89. The van der Waals surface area contributed by atoms with Crippen LogP contribution in [-0.4, -0.2) is 62.8 Å². The molecule has 0 aliphatic carbocycles. The average molecular weight is 351 g/mol. The Morgan fingerprint density at radius 3 is 2.46 bits per heavy atom. The molecule has 1 amide bonds. The lowest BCUT2D eigenvalue weighted by Gasteiger charge is -2.35. The van der Waals surface area contributed by atoms with Gasteiger partial charge in [-0.15, -0.1) is 0 Å². The molecule has 1 atom stereocenters. The molecular weight excluding hydrogens is 326 g/mol. The van der Waals surface area contributed by atoms with Crippen LogP contribution in [0.1, 0.15) is 18.4 Å². The molecule has 6 nitrogen and oxygen atoms in total. The van der Waals surface area contributed by atoms with Crippen molar-refractivity contribution in [3.05, 3.63) is 29.8 Å². The Morgan fingerprint density at radius 1 is 1.12 bits per heavy atom. The van der Waals surface area contributed by atoms with Gasteiger partial charge < -0.3 is 10.2 Å². The number of carbonyl (C=O) groups is 1. The maximum absolute atomic E-state index is 12.8. The van der Waals surface area contributed by atoms with Gasteiger partial charge in [0.15, 0.2) is 0 Å². The first-order chi connectivity index (χ1) is 11.5. The molecule has 1 unspecified atom stereocenters.